The molecule has 0 saturated carbocycles. The van der Waals surface area contributed by atoms with Crippen LogP contribution in [0.15, 0.2) is 45.8 Å². The van der Waals surface area contributed by atoms with E-state index in [-0.39, 0.29) is 16.9 Å². The lowest BCUT2D eigenvalue weighted by atomic mass is 9.87. The van der Waals surface area contributed by atoms with Crippen LogP contribution in [-0.4, -0.2) is 5.11 Å². The van der Waals surface area contributed by atoms with E-state index in [2.05, 4.69) is 32.9 Å². The molecule has 0 aliphatic heterocycles. The zero-order chi connectivity index (χ0) is 14.8. The van der Waals surface area contributed by atoms with Crippen molar-refractivity contribution in [2.45, 2.75) is 26.2 Å². The van der Waals surface area contributed by atoms with Crippen molar-refractivity contribution in [3.8, 4) is 5.75 Å². The number of rotatable bonds is 2. The van der Waals surface area contributed by atoms with Crippen LogP contribution in [0.1, 0.15) is 37.7 Å². The smallest absolute Gasteiger partial charge is 0.227 e. The molecule has 1 N–H and O–H groups in total. The second-order valence-electron chi connectivity index (χ2n) is 5.70. The number of benzene rings is 1. The predicted octanol–water partition coefficient (Wildman–Crippen LogP) is 3.81. The molecule has 0 aliphatic rings. The van der Waals surface area contributed by atoms with Crippen LogP contribution in [-0.2, 0) is 5.41 Å². The lowest BCUT2D eigenvalue weighted by molar-refractivity contribution is 0.424. The summed E-state index contributed by atoms with van der Waals surface area (Å²) in [6.45, 7) is 6.48. The number of aromatic hydroxyl groups is 1. The van der Waals surface area contributed by atoms with Gasteiger partial charge in [-0.3, -0.25) is 4.79 Å². The minimum Gasteiger partial charge on any atom is -0.502 e. The summed E-state index contributed by atoms with van der Waals surface area (Å²) in [4.78, 5) is 11.3. The molecule has 0 amide bonds. The maximum Gasteiger partial charge on any atom is 0.227 e. The van der Waals surface area contributed by atoms with E-state index in [1.54, 1.807) is 12.2 Å². The Morgan fingerprint density at radius 2 is 1.70 bits per heavy atom. The molecule has 104 valence electrons. The van der Waals surface area contributed by atoms with Crippen molar-refractivity contribution in [3.05, 3.63) is 63.7 Å². The van der Waals surface area contributed by atoms with Crippen molar-refractivity contribution in [1.82, 2.24) is 0 Å². The van der Waals surface area contributed by atoms with Crippen LogP contribution in [0, 0.1) is 0 Å². The van der Waals surface area contributed by atoms with Gasteiger partial charge in [-0.1, -0.05) is 51.1 Å². The average Bonchev–Trinajstić information content (AvgIpc) is 2.40. The van der Waals surface area contributed by atoms with Crippen LogP contribution in [0.3, 0.4) is 0 Å². The van der Waals surface area contributed by atoms with Crippen molar-refractivity contribution in [2.24, 2.45) is 0 Å². The summed E-state index contributed by atoms with van der Waals surface area (Å²) in [5.41, 5.74) is 1.90. The van der Waals surface area contributed by atoms with Crippen molar-refractivity contribution < 1.29 is 9.52 Å². The molecule has 0 aliphatic carbocycles. The van der Waals surface area contributed by atoms with E-state index in [1.807, 2.05) is 12.1 Å². The van der Waals surface area contributed by atoms with Crippen molar-refractivity contribution in [2.75, 3.05) is 0 Å². The van der Waals surface area contributed by atoms with Gasteiger partial charge in [0.25, 0.3) is 0 Å². The number of hydrogen-bond acceptors (Lipinski definition) is 3. The molecule has 20 heavy (non-hydrogen) atoms. The van der Waals surface area contributed by atoms with E-state index in [9.17, 15) is 9.90 Å². The summed E-state index contributed by atoms with van der Waals surface area (Å²) >= 11 is 0. The first kappa shape index (κ1) is 14.1. The minimum absolute atomic E-state index is 0.118. The van der Waals surface area contributed by atoms with Gasteiger partial charge in [0, 0.05) is 6.07 Å². The van der Waals surface area contributed by atoms with Gasteiger partial charge in [0.15, 0.2) is 5.76 Å². The summed E-state index contributed by atoms with van der Waals surface area (Å²) in [6.07, 6.45) is 4.65. The second kappa shape index (κ2) is 5.37. The Kier molecular flexibility index (Phi) is 3.79. The highest BCUT2D eigenvalue weighted by Gasteiger charge is 2.12. The van der Waals surface area contributed by atoms with Gasteiger partial charge >= 0.3 is 0 Å². The van der Waals surface area contributed by atoms with Crippen molar-refractivity contribution in [3.63, 3.8) is 0 Å². The molecule has 0 saturated heterocycles. The Balaban J connectivity index is 2.24. The lowest BCUT2D eigenvalue weighted by Gasteiger charge is -2.18. The van der Waals surface area contributed by atoms with E-state index in [1.165, 1.54) is 17.9 Å². The molecule has 0 bridgehead atoms. The Labute approximate surface area is 118 Å². The van der Waals surface area contributed by atoms with Gasteiger partial charge in [-0.05, 0) is 22.6 Å². The highest BCUT2D eigenvalue weighted by molar-refractivity contribution is 5.69. The fraction of sp³-hybridized carbons (Fsp3) is 0.235. The standard InChI is InChI=1S/C17H18O3/c1-17(2,3)13-7-4-12(5-8-13)6-9-15-16(19)14(18)10-11-20-15/h4-11,19H,1-3H3/b9-6+. The molecule has 0 atom stereocenters. The van der Waals surface area contributed by atoms with Gasteiger partial charge in [-0.2, -0.15) is 0 Å². The van der Waals surface area contributed by atoms with Crippen LogP contribution in [0.5, 0.6) is 5.75 Å². The van der Waals surface area contributed by atoms with E-state index in [0.717, 1.165) is 5.56 Å². The van der Waals surface area contributed by atoms with Crippen LogP contribution >= 0.6 is 0 Å². The summed E-state index contributed by atoms with van der Waals surface area (Å²) < 4.78 is 5.10. The first-order valence-electron chi connectivity index (χ1n) is 6.47. The third-order valence-corrected chi connectivity index (χ3v) is 3.09. The largest absolute Gasteiger partial charge is 0.502 e. The highest BCUT2D eigenvalue weighted by Crippen LogP contribution is 2.23. The first-order chi connectivity index (χ1) is 9.38. The second-order valence-corrected chi connectivity index (χ2v) is 5.70. The lowest BCUT2D eigenvalue weighted by Crippen LogP contribution is -2.10. The van der Waals surface area contributed by atoms with Gasteiger partial charge in [0.1, 0.15) is 0 Å². The van der Waals surface area contributed by atoms with Crippen LogP contribution < -0.4 is 5.43 Å². The normalized spacial score (nSPS) is 11.9. The topological polar surface area (TPSA) is 50.4 Å². The van der Waals surface area contributed by atoms with Crippen LogP contribution in [0.25, 0.3) is 12.2 Å². The molecule has 2 rings (SSSR count). The Bertz CT molecular complexity index is 671. The Morgan fingerprint density at radius 1 is 1.05 bits per heavy atom. The first-order valence-corrected chi connectivity index (χ1v) is 6.47. The van der Waals surface area contributed by atoms with Crippen molar-refractivity contribution in [1.29, 1.82) is 0 Å². The summed E-state index contributed by atoms with van der Waals surface area (Å²) in [6, 6.07) is 9.32. The molecule has 1 aromatic heterocycles. The molecular formula is C17H18O3. The third kappa shape index (κ3) is 3.18. The van der Waals surface area contributed by atoms with Crippen LogP contribution in [0.4, 0.5) is 0 Å². The van der Waals surface area contributed by atoms with E-state index in [0.29, 0.717) is 0 Å². The fourth-order valence-corrected chi connectivity index (χ4v) is 1.81. The quantitative estimate of drug-likeness (QED) is 0.902. The number of hydrogen-bond donors (Lipinski definition) is 1. The molecule has 0 spiro atoms. The monoisotopic (exact) mass is 270 g/mol. The summed E-state index contributed by atoms with van der Waals surface area (Å²) in [5.74, 6) is -0.201. The molecule has 2 aromatic rings. The fourth-order valence-electron chi connectivity index (χ4n) is 1.81. The molecule has 1 heterocycles. The molecule has 3 nitrogen and oxygen atoms in total. The molecule has 0 unspecified atom stereocenters. The van der Waals surface area contributed by atoms with Crippen molar-refractivity contribution >= 4 is 12.2 Å². The van der Waals surface area contributed by atoms with Gasteiger partial charge in [0.05, 0.1) is 6.26 Å². The Morgan fingerprint density at radius 3 is 2.30 bits per heavy atom. The van der Waals surface area contributed by atoms with E-state index < -0.39 is 5.43 Å². The molecular weight excluding hydrogens is 252 g/mol. The third-order valence-electron chi connectivity index (χ3n) is 3.09. The average molecular weight is 270 g/mol. The summed E-state index contributed by atoms with van der Waals surface area (Å²) in [7, 11) is 0. The molecule has 0 radical (unpaired) electrons. The molecule has 3 heteroatoms. The zero-order valence-electron chi connectivity index (χ0n) is 11.9. The zero-order valence-corrected chi connectivity index (χ0v) is 11.9. The minimum atomic E-state index is -0.445. The van der Waals surface area contributed by atoms with E-state index >= 15 is 0 Å². The molecule has 1 aromatic carbocycles. The maximum absolute atomic E-state index is 11.3. The molecule has 0 fully saturated rings. The van der Waals surface area contributed by atoms with Crippen LogP contribution in [0.2, 0.25) is 0 Å². The maximum atomic E-state index is 11.3. The summed E-state index contributed by atoms with van der Waals surface area (Å²) in [5, 5.41) is 9.57. The Hall–Kier alpha value is -2.29. The van der Waals surface area contributed by atoms with Gasteiger partial charge in [-0.15, -0.1) is 0 Å². The predicted molar refractivity (Wildman–Crippen MR) is 80.7 cm³/mol. The SMILES string of the molecule is CC(C)(C)c1ccc(/C=C/c2occc(=O)c2O)cc1. The van der Waals surface area contributed by atoms with Gasteiger partial charge in [-0.25, -0.2) is 0 Å². The van der Waals surface area contributed by atoms with Gasteiger partial charge in [0.2, 0.25) is 11.2 Å². The highest BCUT2D eigenvalue weighted by atomic mass is 16.4. The van der Waals surface area contributed by atoms with E-state index in [4.69, 9.17) is 4.42 Å². The van der Waals surface area contributed by atoms with Gasteiger partial charge < -0.3 is 9.52 Å².